The summed E-state index contributed by atoms with van der Waals surface area (Å²) in [5.74, 6) is 0.553. The van der Waals surface area contributed by atoms with Crippen LogP contribution in [-0.4, -0.2) is 16.9 Å². The van der Waals surface area contributed by atoms with E-state index < -0.39 is 5.76 Å². The van der Waals surface area contributed by atoms with Gasteiger partial charge < -0.3 is 15.5 Å². The van der Waals surface area contributed by atoms with Gasteiger partial charge in [0.15, 0.2) is 5.58 Å². The van der Waals surface area contributed by atoms with Crippen LogP contribution < -0.4 is 16.8 Å². The van der Waals surface area contributed by atoms with E-state index in [0.29, 0.717) is 28.6 Å². The quantitative estimate of drug-likeness (QED) is 0.791. The molecule has 4 rings (SSSR count). The Morgan fingerprint density at radius 3 is 2.74 bits per heavy atom. The molecule has 6 heteroatoms. The number of carbonyl (C=O) groups is 1. The molecule has 4 N–H and O–H groups in total. The smallest absolute Gasteiger partial charge is 0.408 e. The Kier molecular flexibility index (Phi) is 3.49. The molecule has 2 bridgehead atoms. The number of fused-ring (bicyclic) bond motifs is 3. The Balaban J connectivity index is 1.49. The number of nitrogens with two attached hydrogens (primary N) is 1. The highest BCUT2D eigenvalue weighted by molar-refractivity contribution is 5.94. The van der Waals surface area contributed by atoms with E-state index in [2.05, 4.69) is 10.3 Å². The maximum atomic E-state index is 12.6. The van der Waals surface area contributed by atoms with Gasteiger partial charge in [0.2, 0.25) is 5.91 Å². The number of rotatable bonds is 2. The van der Waals surface area contributed by atoms with Crippen molar-refractivity contribution in [1.82, 2.24) is 4.98 Å². The van der Waals surface area contributed by atoms with E-state index in [1.807, 2.05) is 0 Å². The van der Waals surface area contributed by atoms with E-state index in [4.69, 9.17) is 10.2 Å². The lowest BCUT2D eigenvalue weighted by atomic mass is 9.65. The van der Waals surface area contributed by atoms with Gasteiger partial charge in [-0.3, -0.25) is 9.78 Å². The molecular weight excluding hydrogens is 294 g/mol. The van der Waals surface area contributed by atoms with Crippen LogP contribution in [0.5, 0.6) is 0 Å². The van der Waals surface area contributed by atoms with E-state index >= 15 is 0 Å². The topological polar surface area (TPSA) is 101 Å². The van der Waals surface area contributed by atoms with Crippen LogP contribution in [0.3, 0.4) is 0 Å². The number of benzene rings is 1. The highest BCUT2D eigenvalue weighted by Gasteiger charge is 2.40. The van der Waals surface area contributed by atoms with Crippen LogP contribution in [0.1, 0.15) is 32.1 Å². The number of amides is 1. The van der Waals surface area contributed by atoms with Crippen molar-refractivity contribution in [3.05, 3.63) is 28.7 Å². The van der Waals surface area contributed by atoms with Crippen molar-refractivity contribution in [2.24, 2.45) is 23.5 Å². The third-order valence-corrected chi connectivity index (χ3v) is 5.47. The largest absolute Gasteiger partial charge is 0.417 e. The molecule has 23 heavy (non-hydrogen) atoms. The van der Waals surface area contributed by atoms with Crippen LogP contribution in [0.25, 0.3) is 11.1 Å². The van der Waals surface area contributed by atoms with Crippen molar-refractivity contribution in [3.8, 4) is 0 Å². The van der Waals surface area contributed by atoms with Crippen LogP contribution in [0, 0.1) is 17.8 Å². The van der Waals surface area contributed by atoms with Gasteiger partial charge in [0.25, 0.3) is 0 Å². The summed E-state index contributed by atoms with van der Waals surface area (Å²) in [5, 5.41) is 2.97. The van der Waals surface area contributed by atoms with E-state index in [1.54, 1.807) is 18.2 Å². The first-order valence-corrected chi connectivity index (χ1v) is 8.29. The molecule has 2 aliphatic carbocycles. The minimum atomic E-state index is -0.488. The molecule has 2 unspecified atom stereocenters. The van der Waals surface area contributed by atoms with Crippen LogP contribution >= 0.6 is 0 Å². The molecule has 2 fully saturated rings. The highest BCUT2D eigenvalue weighted by atomic mass is 16.4. The summed E-state index contributed by atoms with van der Waals surface area (Å²) in [4.78, 5) is 26.4. The second kappa shape index (κ2) is 5.53. The number of carbonyl (C=O) groups excluding carboxylic acids is 1. The number of aromatic nitrogens is 1. The predicted molar refractivity (Wildman–Crippen MR) is 87.0 cm³/mol. The van der Waals surface area contributed by atoms with Crippen molar-refractivity contribution in [2.75, 3.05) is 5.32 Å². The number of nitrogens with one attached hydrogen (secondary N) is 2. The van der Waals surface area contributed by atoms with Gasteiger partial charge in [0.1, 0.15) is 0 Å². The van der Waals surface area contributed by atoms with Gasteiger partial charge in [-0.05, 0) is 55.7 Å². The summed E-state index contributed by atoms with van der Waals surface area (Å²) in [7, 11) is 0. The van der Waals surface area contributed by atoms with Gasteiger partial charge >= 0.3 is 5.76 Å². The van der Waals surface area contributed by atoms with Crippen LogP contribution in [-0.2, 0) is 4.79 Å². The molecule has 1 aromatic carbocycles. The molecule has 2 aromatic rings. The lowest BCUT2D eigenvalue weighted by Crippen LogP contribution is -2.48. The molecule has 6 nitrogen and oxygen atoms in total. The zero-order valence-corrected chi connectivity index (χ0v) is 12.9. The van der Waals surface area contributed by atoms with Crippen molar-refractivity contribution in [3.63, 3.8) is 0 Å². The number of aromatic amines is 1. The molecule has 0 saturated heterocycles. The standard InChI is InChI=1S/C17H21N3O3/c18-15-9-2-1-3-10(15)7-11(6-9)16(21)19-12-4-5-14-13(8-12)20-17(22)23-14/h4-5,8-11,15H,1-3,6-7,18H2,(H,19,21)(H,20,22). The first-order chi connectivity index (χ1) is 11.1. The molecular formula is C17H21N3O3. The Bertz CT molecular complexity index is 780. The Labute approximate surface area is 133 Å². The zero-order valence-electron chi connectivity index (χ0n) is 12.9. The Morgan fingerprint density at radius 2 is 2.00 bits per heavy atom. The summed E-state index contributed by atoms with van der Waals surface area (Å²) >= 11 is 0. The van der Waals surface area contributed by atoms with E-state index in [0.717, 1.165) is 25.7 Å². The van der Waals surface area contributed by atoms with Crippen LogP contribution in [0.4, 0.5) is 5.69 Å². The van der Waals surface area contributed by atoms with Crippen molar-refractivity contribution >= 4 is 22.7 Å². The van der Waals surface area contributed by atoms with Gasteiger partial charge in [-0.2, -0.15) is 0 Å². The number of H-pyrrole nitrogens is 1. The maximum absolute atomic E-state index is 12.6. The van der Waals surface area contributed by atoms with E-state index in [1.165, 1.54) is 6.42 Å². The molecule has 2 atom stereocenters. The predicted octanol–water partition coefficient (Wildman–Crippen LogP) is 2.21. The minimum Gasteiger partial charge on any atom is -0.408 e. The van der Waals surface area contributed by atoms with Gasteiger partial charge in [-0.15, -0.1) is 0 Å². The number of oxazole rings is 1. The third-order valence-electron chi connectivity index (χ3n) is 5.47. The molecule has 1 aromatic heterocycles. The summed E-state index contributed by atoms with van der Waals surface area (Å²) in [6.45, 7) is 0. The fraction of sp³-hybridized carbons (Fsp3) is 0.529. The molecule has 0 spiro atoms. The van der Waals surface area contributed by atoms with Crippen molar-refractivity contribution in [1.29, 1.82) is 0 Å². The minimum absolute atomic E-state index is 0.0317. The number of anilines is 1. The lowest BCUT2D eigenvalue weighted by Gasteiger charge is -2.43. The van der Waals surface area contributed by atoms with Crippen LogP contribution in [0.2, 0.25) is 0 Å². The molecule has 1 heterocycles. The summed E-state index contributed by atoms with van der Waals surface area (Å²) in [5.41, 5.74) is 8.05. The van der Waals surface area contributed by atoms with Crippen molar-refractivity contribution in [2.45, 2.75) is 38.1 Å². The SMILES string of the molecule is NC1C2CCCC1CC(C(=O)Nc1ccc3oc(=O)[nH]c3c1)C2. The fourth-order valence-corrected chi connectivity index (χ4v) is 4.28. The zero-order chi connectivity index (χ0) is 16.0. The number of hydrogen-bond donors (Lipinski definition) is 3. The number of hydrogen-bond acceptors (Lipinski definition) is 4. The second-order valence-electron chi connectivity index (χ2n) is 6.91. The summed E-state index contributed by atoms with van der Waals surface area (Å²) < 4.78 is 4.97. The average molecular weight is 315 g/mol. The first-order valence-electron chi connectivity index (χ1n) is 8.29. The van der Waals surface area contributed by atoms with Gasteiger partial charge in [0.05, 0.1) is 5.52 Å². The second-order valence-corrected chi connectivity index (χ2v) is 6.91. The third kappa shape index (κ3) is 2.67. The first kappa shape index (κ1) is 14.5. The normalized spacial score (nSPS) is 30.3. The molecule has 122 valence electrons. The van der Waals surface area contributed by atoms with Gasteiger partial charge in [-0.25, -0.2) is 4.79 Å². The molecule has 0 radical (unpaired) electrons. The Morgan fingerprint density at radius 1 is 1.26 bits per heavy atom. The lowest BCUT2D eigenvalue weighted by molar-refractivity contribution is -0.122. The monoisotopic (exact) mass is 315 g/mol. The van der Waals surface area contributed by atoms with Crippen LogP contribution in [0.15, 0.2) is 27.4 Å². The summed E-state index contributed by atoms with van der Waals surface area (Å²) in [6, 6.07) is 5.44. The van der Waals surface area contributed by atoms with Crippen molar-refractivity contribution < 1.29 is 9.21 Å². The molecule has 2 aliphatic rings. The Hall–Kier alpha value is -2.08. The maximum Gasteiger partial charge on any atom is 0.417 e. The average Bonchev–Trinajstić information content (AvgIpc) is 2.86. The molecule has 1 amide bonds. The molecule has 0 aliphatic heterocycles. The van der Waals surface area contributed by atoms with Gasteiger partial charge in [0, 0.05) is 17.6 Å². The van der Waals surface area contributed by atoms with Gasteiger partial charge in [-0.1, -0.05) is 6.42 Å². The molecule has 2 saturated carbocycles. The summed E-state index contributed by atoms with van der Waals surface area (Å²) in [6.07, 6.45) is 5.29. The fourth-order valence-electron chi connectivity index (χ4n) is 4.28. The highest BCUT2D eigenvalue weighted by Crippen LogP contribution is 2.42. The van der Waals surface area contributed by atoms with E-state index in [-0.39, 0.29) is 17.9 Å². The van der Waals surface area contributed by atoms with E-state index in [9.17, 15) is 9.59 Å².